The number of benzene rings is 18. The Hall–Kier alpha value is -15.7. The molecule has 0 atom stereocenters. The number of para-hydroxylation sites is 6. The van der Waals surface area contributed by atoms with Crippen molar-refractivity contribution < 1.29 is 0 Å². The van der Waals surface area contributed by atoms with Crippen LogP contribution in [0, 0.1) is 0 Å². The first-order valence-corrected chi connectivity index (χ1v) is 39.4. The second-order valence-corrected chi connectivity index (χ2v) is 29.9. The van der Waals surface area contributed by atoms with Crippen LogP contribution in [-0.4, -0.2) is 43.2 Å². The predicted octanol–water partition coefficient (Wildman–Crippen LogP) is 27.4. The third-order valence-electron chi connectivity index (χ3n) is 23.2. The van der Waals surface area contributed by atoms with E-state index in [4.69, 9.17) is 24.9 Å². The van der Waals surface area contributed by atoms with Gasteiger partial charge in [0.15, 0.2) is 23.3 Å². The van der Waals surface area contributed by atoms with Gasteiger partial charge in [-0.1, -0.05) is 303 Å². The van der Waals surface area contributed by atoms with E-state index in [1.807, 2.05) is 24.3 Å². The summed E-state index contributed by atoms with van der Waals surface area (Å²) >= 11 is 0. The molecule has 6 aromatic heterocycles. The fourth-order valence-electron chi connectivity index (χ4n) is 17.9. The molecule has 116 heavy (non-hydrogen) atoms. The lowest BCUT2D eigenvalue weighted by atomic mass is 10.0. The third-order valence-corrected chi connectivity index (χ3v) is 23.2. The minimum Gasteiger partial charge on any atom is -0.309 e. The maximum Gasteiger partial charge on any atom is 0.164 e. The number of hydrogen-bond donors (Lipinski definition) is 0. The van der Waals surface area contributed by atoms with Gasteiger partial charge in [0.25, 0.3) is 0 Å². The smallest absolute Gasteiger partial charge is 0.164 e. The van der Waals surface area contributed by atoms with Crippen LogP contribution in [0.5, 0.6) is 0 Å². The van der Waals surface area contributed by atoms with Gasteiger partial charge in [0.2, 0.25) is 0 Å². The molecule has 24 aromatic rings. The van der Waals surface area contributed by atoms with Crippen LogP contribution in [0.1, 0.15) is 0 Å². The Labute approximate surface area is 666 Å². The van der Waals surface area contributed by atoms with Gasteiger partial charge in [0, 0.05) is 98.6 Å². The van der Waals surface area contributed by atoms with Crippen LogP contribution >= 0.6 is 0 Å². The summed E-state index contributed by atoms with van der Waals surface area (Å²) in [6, 6.07) is 145. The highest BCUT2D eigenvalue weighted by Gasteiger charge is 2.26. The van der Waals surface area contributed by atoms with Crippen LogP contribution in [0.25, 0.3) is 221 Å². The molecule has 0 saturated carbocycles. The van der Waals surface area contributed by atoms with Crippen LogP contribution in [-0.2, 0) is 0 Å². The maximum absolute atomic E-state index is 5.35. The van der Waals surface area contributed by atoms with Gasteiger partial charge in [-0.05, 0) is 135 Å². The van der Waals surface area contributed by atoms with Crippen molar-refractivity contribution in [3.8, 4) is 90.8 Å². The van der Waals surface area contributed by atoms with Crippen molar-refractivity contribution in [2.24, 2.45) is 0 Å². The first kappa shape index (κ1) is 66.1. The Morgan fingerprint density at radius 3 is 0.966 bits per heavy atom. The Morgan fingerprint density at radius 2 is 0.491 bits per heavy atom. The molecule has 9 nitrogen and oxygen atoms in total. The minimum atomic E-state index is 0.622. The zero-order valence-corrected chi connectivity index (χ0v) is 62.7. The summed E-state index contributed by atoms with van der Waals surface area (Å²) in [6.45, 7) is 0. The van der Waals surface area contributed by atoms with Gasteiger partial charge in [-0.15, -0.1) is 0 Å². The zero-order valence-electron chi connectivity index (χ0n) is 62.7. The molecular weight excluding hydrogens is 1410 g/mol. The van der Waals surface area contributed by atoms with Crippen LogP contribution in [0.4, 0.5) is 0 Å². The molecular formula is C107H67N9. The first-order chi connectivity index (χ1) is 57.5. The molecule has 0 fully saturated rings. The SMILES string of the molecule is c1ccc(-c2cc(-c3cc(-n4c5ccccc5c5c4ccc4c6ccccc6n(-c6ccccc6)c45)c4ccccc4c3)nc(-c3ccc4ccccc4c3)n2)cc1.c1ccc(-c2nc(-c3ccc4ccccc4c3)nc(-c3cc(-n4c5ccccc5c5c4ccc4c6ccccc6n(-c6ccccc6)c45)c4ccccc4c3)n2)cc1. The average Bonchev–Trinajstić information content (AvgIpc) is 1.55. The minimum absolute atomic E-state index is 0.622. The van der Waals surface area contributed by atoms with Crippen molar-refractivity contribution in [2.75, 3.05) is 0 Å². The molecule has 0 bridgehead atoms. The molecule has 540 valence electrons. The van der Waals surface area contributed by atoms with Crippen LogP contribution in [0.2, 0.25) is 0 Å². The van der Waals surface area contributed by atoms with Crippen molar-refractivity contribution in [3.05, 3.63) is 406 Å². The first-order valence-electron chi connectivity index (χ1n) is 39.4. The Morgan fingerprint density at radius 1 is 0.164 bits per heavy atom. The van der Waals surface area contributed by atoms with Gasteiger partial charge in [-0.25, -0.2) is 24.9 Å². The fourth-order valence-corrected chi connectivity index (χ4v) is 17.9. The molecule has 0 aliphatic rings. The number of nitrogens with zero attached hydrogens (tertiary/aromatic N) is 9. The summed E-state index contributed by atoms with van der Waals surface area (Å²) in [5, 5.41) is 19.0. The second-order valence-electron chi connectivity index (χ2n) is 29.9. The highest BCUT2D eigenvalue weighted by Crippen LogP contribution is 2.47. The number of fused-ring (bicyclic) bond motifs is 18. The maximum atomic E-state index is 5.35. The molecule has 18 aromatic carbocycles. The van der Waals surface area contributed by atoms with E-state index in [9.17, 15) is 0 Å². The quantitative estimate of drug-likeness (QED) is 0.136. The Balaban J connectivity index is 0.000000137. The summed E-state index contributed by atoms with van der Waals surface area (Å²) in [5.41, 5.74) is 21.4. The molecule has 24 rings (SSSR count). The standard InChI is InChI=1S/C54H34N4.C53H33N5/c1-3-16-36(17-4-1)46-34-47(56-54(55-46)39-28-27-35-15-7-8-18-37(35)31-39)40-32-38-19-9-10-22-42(38)51(33-40)58-49-26-14-12-24-45(49)52-50(58)30-29-44-43-23-11-13-25-48(43)57(53(44)52)41-20-5-2-6-21-41;1-3-16-35(17-4-1)51-54-52(38-28-27-34-15-7-8-18-36(34)31-38)56-53(55-51)39-32-37-19-9-10-22-41(37)48(33-39)58-46-26-14-12-24-44(46)49-47(58)30-29-43-42-23-11-13-25-45(42)57(50(43)49)40-20-5-2-6-21-40/h1-34H;1-33H. The van der Waals surface area contributed by atoms with E-state index in [0.29, 0.717) is 23.3 Å². The molecule has 6 heterocycles. The second kappa shape index (κ2) is 27.1. The molecule has 0 amide bonds. The largest absolute Gasteiger partial charge is 0.309 e. The van der Waals surface area contributed by atoms with Crippen molar-refractivity contribution in [1.82, 2.24) is 43.2 Å². The van der Waals surface area contributed by atoms with Gasteiger partial charge in [0.05, 0.1) is 66.9 Å². The highest BCUT2D eigenvalue weighted by molar-refractivity contribution is 6.28. The third kappa shape index (κ3) is 10.9. The number of aromatic nitrogens is 9. The van der Waals surface area contributed by atoms with Crippen molar-refractivity contribution in [1.29, 1.82) is 0 Å². The highest BCUT2D eigenvalue weighted by atomic mass is 15.1. The van der Waals surface area contributed by atoms with E-state index in [1.54, 1.807) is 0 Å². The lowest BCUT2D eigenvalue weighted by Crippen LogP contribution is -2.02. The molecule has 0 saturated heterocycles. The Bertz CT molecular complexity index is 7600. The summed E-state index contributed by atoms with van der Waals surface area (Å²) in [7, 11) is 0. The lowest BCUT2D eigenvalue weighted by Gasteiger charge is -2.15. The van der Waals surface area contributed by atoms with Gasteiger partial charge in [-0.3, -0.25) is 0 Å². The normalized spacial score (nSPS) is 11.8. The number of rotatable bonds is 10. The van der Waals surface area contributed by atoms with E-state index in [2.05, 4.69) is 400 Å². The van der Waals surface area contributed by atoms with Crippen LogP contribution in [0.15, 0.2) is 406 Å². The monoisotopic (exact) mass is 1480 g/mol. The predicted molar refractivity (Wildman–Crippen MR) is 482 cm³/mol. The van der Waals surface area contributed by atoms with E-state index in [1.165, 1.54) is 81.3 Å². The molecule has 0 aliphatic carbocycles. The molecule has 9 heteroatoms. The van der Waals surface area contributed by atoms with Gasteiger partial charge < -0.3 is 18.3 Å². The summed E-state index contributed by atoms with van der Waals surface area (Å²) in [5.74, 6) is 2.59. The van der Waals surface area contributed by atoms with E-state index >= 15 is 0 Å². The van der Waals surface area contributed by atoms with Gasteiger partial charge >= 0.3 is 0 Å². The van der Waals surface area contributed by atoms with Crippen LogP contribution in [0.3, 0.4) is 0 Å². The molecule has 0 unspecified atom stereocenters. The summed E-state index contributed by atoms with van der Waals surface area (Å²) in [6.07, 6.45) is 0. The molecule has 0 aliphatic heterocycles. The molecule has 0 spiro atoms. The van der Waals surface area contributed by atoms with E-state index in [0.717, 1.165) is 117 Å². The molecule has 0 radical (unpaired) electrons. The van der Waals surface area contributed by atoms with Crippen molar-refractivity contribution >= 4 is 130 Å². The summed E-state index contributed by atoms with van der Waals surface area (Å²) < 4.78 is 9.78. The van der Waals surface area contributed by atoms with Crippen molar-refractivity contribution in [3.63, 3.8) is 0 Å². The summed E-state index contributed by atoms with van der Waals surface area (Å²) in [4.78, 5) is 26.0. The van der Waals surface area contributed by atoms with Crippen molar-refractivity contribution in [2.45, 2.75) is 0 Å². The topological polar surface area (TPSA) is 84.2 Å². The molecule has 0 N–H and O–H groups in total. The van der Waals surface area contributed by atoms with Crippen LogP contribution < -0.4 is 0 Å². The lowest BCUT2D eigenvalue weighted by molar-refractivity contribution is 1.07. The zero-order chi connectivity index (χ0) is 76.3. The van der Waals surface area contributed by atoms with Gasteiger partial charge in [-0.2, -0.15) is 0 Å². The number of hydrogen-bond acceptors (Lipinski definition) is 5. The van der Waals surface area contributed by atoms with E-state index < -0.39 is 0 Å². The Kier molecular flexibility index (Phi) is 15.4. The fraction of sp³-hybridized carbons (Fsp3) is 0. The van der Waals surface area contributed by atoms with E-state index in [-0.39, 0.29) is 0 Å². The van der Waals surface area contributed by atoms with Gasteiger partial charge in [0.1, 0.15) is 0 Å². The average molecular weight is 1480 g/mol.